The molecule has 1 aromatic carbocycles. The number of rotatable bonds is 1. The Kier molecular flexibility index (Phi) is 7.37. The summed E-state index contributed by atoms with van der Waals surface area (Å²) in [6, 6.07) is 8.28. The maximum atomic E-state index is 11.7. The van der Waals surface area contributed by atoms with Crippen molar-refractivity contribution in [3.63, 3.8) is 0 Å². The number of ether oxygens (including phenoxy) is 1. The first-order valence-electron chi connectivity index (χ1n) is 6.90. The smallest absolute Gasteiger partial charge is 0.409 e. The van der Waals surface area contributed by atoms with Crippen LogP contribution in [0.25, 0.3) is 0 Å². The average molecular weight is 450 g/mol. The fraction of sp³-hybridized carbons (Fsp3) is 0. The van der Waals surface area contributed by atoms with Crippen molar-refractivity contribution in [3.05, 3.63) is 83.5 Å². The molecule has 2 aromatic heterocycles. The van der Waals surface area contributed by atoms with E-state index in [0.29, 0.717) is 10.4 Å². The summed E-state index contributed by atoms with van der Waals surface area (Å²) in [6.07, 6.45) is 1.41. The molecule has 2 heterocycles. The van der Waals surface area contributed by atoms with Gasteiger partial charge in [-0.1, -0.05) is 64.6 Å². The number of nitrogens with zero attached hydrogens (tertiary/aromatic N) is 3. The van der Waals surface area contributed by atoms with E-state index in [0.717, 1.165) is 6.20 Å². The van der Waals surface area contributed by atoms with Gasteiger partial charge in [0.1, 0.15) is 15.8 Å². The quantitative estimate of drug-likeness (QED) is 0.607. The molecule has 0 saturated carbocycles. The maximum Gasteiger partial charge on any atom is 0.443 e. The number of benzene rings is 1. The van der Waals surface area contributed by atoms with E-state index in [1.807, 2.05) is 0 Å². The van der Waals surface area contributed by atoms with Crippen LogP contribution in [0.3, 0.4) is 0 Å². The predicted molar refractivity (Wildman–Crippen MR) is 101 cm³/mol. The van der Waals surface area contributed by atoms with Crippen LogP contribution in [0, 0.1) is 0 Å². The fourth-order valence-electron chi connectivity index (χ4n) is 1.54. The lowest BCUT2D eigenvalue weighted by atomic mass is 10.3. The Morgan fingerprint density at radius 3 is 2.19 bits per heavy atom. The van der Waals surface area contributed by atoms with Crippen LogP contribution < -0.4 is 15.9 Å². The number of carbonyl (C=O) groups excluding carboxylic acids is 1. The number of hydrogen-bond donors (Lipinski definition) is 1. The van der Waals surface area contributed by atoms with Gasteiger partial charge in [0, 0.05) is 0 Å². The molecule has 0 fully saturated rings. The van der Waals surface area contributed by atoms with Crippen molar-refractivity contribution in [2.24, 2.45) is 0 Å². The molecule has 3 rings (SSSR count). The lowest BCUT2D eigenvalue weighted by molar-refractivity contribution is 0.197. The van der Waals surface area contributed by atoms with Crippen LogP contribution in [0.5, 0.6) is 5.75 Å². The van der Waals surface area contributed by atoms with Crippen LogP contribution in [0.1, 0.15) is 0 Å². The van der Waals surface area contributed by atoms with E-state index in [-0.39, 0.29) is 20.1 Å². The number of aromatic nitrogens is 4. The van der Waals surface area contributed by atoms with Gasteiger partial charge in [-0.05, 0) is 12.1 Å². The molecule has 0 unspecified atom stereocenters. The van der Waals surface area contributed by atoms with Gasteiger partial charge in [-0.2, -0.15) is 10.2 Å². The van der Waals surface area contributed by atoms with Gasteiger partial charge in [0.15, 0.2) is 0 Å². The van der Waals surface area contributed by atoms with Gasteiger partial charge in [0.2, 0.25) is 0 Å². The van der Waals surface area contributed by atoms with E-state index in [2.05, 4.69) is 15.3 Å². The number of hydrogen-bond acceptors (Lipinski definition) is 6. The van der Waals surface area contributed by atoms with Crippen LogP contribution in [0.2, 0.25) is 20.1 Å². The van der Waals surface area contributed by atoms with Gasteiger partial charge in [0.25, 0.3) is 11.1 Å². The molecular weight excluding hydrogens is 442 g/mol. The van der Waals surface area contributed by atoms with Crippen molar-refractivity contribution in [1.82, 2.24) is 20.0 Å². The van der Waals surface area contributed by atoms with Crippen LogP contribution >= 0.6 is 46.4 Å². The highest BCUT2D eigenvalue weighted by atomic mass is 35.5. The van der Waals surface area contributed by atoms with Crippen molar-refractivity contribution in [2.75, 3.05) is 0 Å². The molecular formula is C15H8Cl4N4O4. The van der Waals surface area contributed by atoms with Crippen molar-refractivity contribution in [2.45, 2.75) is 0 Å². The summed E-state index contributed by atoms with van der Waals surface area (Å²) < 4.78 is 5.44. The number of H-pyrrole nitrogens is 1. The van der Waals surface area contributed by atoms with E-state index >= 15 is 0 Å². The van der Waals surface area contributed by atoms with Gasteiger partial charge in [0.05, 0.1) is 22.4 Å². The molecule has 12 heteroatoms. The minimum absolute atomic E-state index is 0.0216. The Labute approximate surface area is 171 Å². The summed E-state index contributed by atoms with van der Waals surface area (Å²) in [6.45, 7) is 0. The molecule has 0 aliphatic heterocycles. The first kappa shape index (κ1) is 20.9. The minimum atomic E-state index is -0.954. The second kappa shape index (κ2) is 9.52. The molecule has 0 amide bonds. The number of halogens is 4. The largest absolute Gasteiger partial charge is 0.443 e. The Hall–Kier alpha value is -2.39. The van der Waals surface area contributed by atoms with E-state index in [1.54, 1.807) is 30.3 Å². The summed E-state index contributed by atoms with van der Waals surface area (Å²) in [7, 11) is 0. The van der Waals surface area contributed by atoms with Crippen LogP contribution in [0.15, 0.2) is 52.3 Å². The average Bonchev–Trinajstić information content (AvgIpc) is 2.65. The minimum Gasteiger partial charge on any atom is -0.409 e. The van der Waals surface area contributed by atoms with E-state index in [1.165, 1.54) is 6.20 Å². The maximum absolute atomic E-state index is 11.7. The molecule has 0 saturated heterocycles. The van der Waals surface area contributed by atoms with Crippen LogP contribution in [-0.4, -0.2) is 26.1 Å². The molecule has 0 aliphatic rings. The Balaban J connectivity index is 0.000000244. The number of aromatic amines is 1. The number of nitrogens with one attached hydrogen (secondary N) is 1. The first-order chi connectivity index (χ1) is 12.8. The van der Waals surface area contributed by atoms with E-state index in [9.17, 15) is 14.4 Å². The number of carbonyl (C=O) groups is 1. The first-order valence-corrected chi connectivity index (χ1v) is 8.41. The SMILES string of the molecule is O=C(Oc1ccccc1)n1ncc(Cl)c(Cl)c1=O.O=c1[nH]ncc(Cl)c1Cl. The second-order valence-electron chi connectivity index (χ2n) is 4.57. The number of para-hydroxylation sites is 1. The zero-order chi connectivity index (χ0) is 20.0. The van der Waals surface area contributed by atoms with E-state index < -0.39 is 17.2 Å². The summed E-state index contributed by atoms with van der Waals surface area (Å²) in [5.74, 6) is 0.294. The highest BCUT2D eigenvalue weighted by molar-refractivity contribution is 6.42. The molecule has 0 bridgehead atoms. The van der Waals surface area contributed by atoms with E-state index in [4.69, 9.17) is 51.1 Å². The lowest BCUT2D eigenvalue weighted by Gasteiger charge is -2.05. The molecule has 8 nitrogen and oxygen atoms in total. The van der Waals surface area contributed by atoms with Crippen molar-refractivity contribution in [1.29, 1.82) is 0 Å². The highest BCUT2D eigenvalue weighted by Crippen LogP contribution is 2.15. The molecule has 140 valence electrons. The van der Waals surface area contributed by atoms with Crippen molar-refractivity contribution in [3.8, 4) is 5.75 Å². The fourth-order valence-corrected chi connectivity index (χ4v) is 2.02. The highest BCUT2D eigenvalue weighted by Gasteiger charge is 2.15. The zero-order valence-corrected chi connectivity index (χ0v) is 16.1. The molecule has 1 N–H and O–H groups in total. The Bertz CT molecular complexity index is 1070. The van der Waals surface area contributed by atoms with Gasteiger partial charge in [-0.3, -0.25) is 9.59 Å². The monoisotopic (exact) mass is 448 g/mol. The standard InChI is InChI=1S/C11H6Cl2N2O3.C4H2Cl2N2O/c12-8-6-14-15(10(16)9(8)13)11(17)18-7-4-2-1-3-5-7;5-2-1-7-8-4(9)3(2)6/h1-6H;1H,(H,8,9). The molecule has 3 aromatic rings. The van der Waals surface area contributed by atoms with Gasteiger partial charge >= 0.3 is 6.09 Å². The van der Waals surface area contributed by atoms with Crippen molar-refractivity contribution < 1.29 is 9.53 Å². The predicted octanol–water partition coefficient (Wildman–Crippen LogP) is 3.67. The topological polar surface area (TPSA) is 107 Å². The van der Waals surface area contributed by atoms with Crippen LogP contribution in [0.4, 0.5) is 4.79 Å². The summed E-state index contributed by atoms with van der Waals surface area (Å²) in [5.41, 5.74) is -1.30. The summed E-state index contributed by atoms with van der Waals surface area (Å²) >= 11 is 22.0. The molecule has 27 heavy (non-hydrogen) atoms. The third-order valence-electron chi connectivity index (χ3n) is 2.75. The third-order valence-corrected chi connectivity index (χ3v) is 4.26. The zero-order valence-electron chi connectivity index (χ0n) is 13.0. The van der Waals surface area contributed by atoms with Gasteiger partial charge < -0.3 is 4.74 Å². The second-order valence-corrected chi connectivity index (χ2v) is 6.14. The van der Waals surface area contributed by atoms with Crippen LogP contribution in [-0.2, 0) is 0 Å². The molecule has 0 atom stereocenters. The summed E-state index contributed by atoms with van der Waals surface area (Å²) in [5, 5.41) is 8.90. The Morgan fingerprint density at radius 1 is 0.963 bits per heavy atom. The molecule has 0 aliphatic carbocycles. The third kappa shape index (κ3) is 5.54. The Morgan fingerprint density at radius 2 is 1.59 bits per heavy atom. The normalized spacial score (nSPS) is 9.93. The summed E-state index contributed by atoms with van der Waals surface area (Å²) in [4.78, 5) is 33.8. The van der Waals surface area contributed by atoms with Crippen molar-refractivity contribution >= 4 is 52.5 Å². The van der Waals surface area contributed by atoms with Gasteiger partial charge in [-0.25, -0.2) is 9.89 Å². The lowest BCUT2D eigenvalue weighted by Crippen LogP contribution is -2.32. The molecule has 0 radical (unpaired) electrons. The molecule has 0 spiro atoms. The van der Waals surface area contributed by atoms with Gasteiger partial charge in [-0.15, -0.1) is 4.68 Å².